The number of amides is 1. The third-order valence-corrected chi connectivity index (χ3v) is 3.70. The Morgan fingerprint density at radius 2 is 2.11 bits per heavy atom. The zero-order chi connectivity index (χ0) is 13.8. The average molecular weight is 265 g/mol. The van der Waals surface area contributed by atoms with Crippen molar-refractivity contribution < 1.29 is 4.79 Å². The average Bonchev–Trinajstić information content (AvgIpc) is 2.83. The Kier molecular flexibility index (Phi) is 4.52. The van der Waals surface area contributed by atoms with Gasteiger partial charge in [-0.05, 0) is 39.0 Å². The molecule has 1 fully saturated rings. The molecule has 1 amide bonds. The van der Waals surface area contributed by atoms with Crippen molar-refractivity contribution in [2.24, 2.45) is 5.73 Å². The first-order valence-corrected chi connectivity index (χ1v) is 7.07. The Morgan fingerprint density at radius 3 is 2.63 bits per heavy atom. The SMILES string of the molecule is CCCN(C(=O)c1n[nH]c(C)n1)C1CCC(N)CC1. The second-order valence-electron chi connectivity index (χ2n) is 5.31. The third kappa shape index (κ3) is 3.32. The molecule has 1 aliphatic carbocycles. The van der Waals surface area contributed by atoms with Crippen LogP contribution in [0.3, 0.4) is 0 Å². The first kappa shape index (κ1) is 14.0. The standard InChI is InChI=1S/C13H23N5O/c1-3-8-18(11-6-4-10(14)5-7-11)13(19)12-15-9(2)16-17-12/h10-11H,3-8,14H2,1-2H3,(H,15,16,17). The van der Waals surface area contributed by atoms with Gasteiger partial charge in [-0.3, -0.25) is 9.89 Å². The van der Waals surface area contributed by atoms with E-state index >= 15 is 0 Å². The molecule has 0 radical (unpaired) electrons. The lowest BCUT2D eigenvalue weighted by molar-refractivity contribution is 0.0614. The van der Waals surface area contributed by atoms with Crippen molar-refractivity contribution in [1.82, 2.24) is 20.1 Å². The van der Waals surface area contributed by atoms with Gasteiger partial charge in [0.25, 0.3) is 5.91 Å². The van der Waals surface area contributed by atoms with E-state index in [1.54, 1.807) is 6.92 Å². The van der Waals surface area contributed by atoms with Crippen molar-refractivity contribution in [3.05, 3.63) is 11.6 Å². The van der Waals surface area contributed by atoms with Gasteiger partial charge >= 0.3 is 0 Å². The van der Waals surface area contributed by atoms with Crippen LogP contribution < -0.4 is 5.73 Å². The molecule has 1 saturated carbocycles. The molecular formula is C13H23N5O. The fraction of sp³-hybridized carbons (Fsp3) is 0.769. The van der Waals surface area contributed by atoms with Crippen molar-refractivity contribution in [3.63, 3.8) is 0 Å². The lowest BCUT2D eigenvalue weighted by atomic mass is 9.90. The number of rotatable bonds is 4. The van der Waals surface area contributed by atoms with Crippen molar-refractivity contribution in [1.29, 1.82) is 0 Å². The number of nitrogens with zero attached hydrogens (tertiary/aromatic N) is 3. The molecule has 0 unspecified atom stereocenters. The summed E-state index contributed by atoms with van der Waals surface area (Å²) in [5.41, 5.74) is 5.93. The van der Waals surface area contributed by atoms with Gasteiger partial charge in [0, 0.05) is 18.6 Å². The summed E-state index contributed by atoms with van der Waals surface area (Å²) in [4.78, 5) is 18.5. The van der Waals surface area contributed by atoms with Crippen LogP contribution in [0.15, 0.2) is 0 Å². The molecule has 0 bridgehead atoms. The summed E-state index contributed by atoms with van der Waals surface area (Å²) in [5.74, 6) is 0.887. The summed E-state index contributed by atoms with van der Waals surface area (Å²) in [7, 11) is 0. The Balaban J connectivity index is 2.08. The fourth-order valence-corrected chi connectivity index (χ4v) is 2.67. The highest BCUT2D eigenvalue weighted by molar-refractivity contribution is 5.90. The number of H-pyrrole nitrogens is 1. The second-order valence-corrected chi connectivity index (χ2v) is 5.31. The van der Waals surface area contributed by atoms with Gasteiger partial charge in [-0.2, -0.15) is 0 Å². The van der Waals surface area contributed by atoms with E-state index in [0.717, 1.165) is 38.6 Å². The minimum Gasteiger partial charge on any atom is -0.333 e. The van der Waals surface area contributed by atoms with E-state index in [9.17, 15) is 4.79 Å². The number of aromatic nitrogens is 3. The highest BCUT2D eigenvalue weighted by Gasteiger charge is 2.29. The van der Waals surface area contributed by atoms with Crippen LogP contribution in [0.1, 0.15) is 55.5 Å². The number of nitrogens with two attached hydrogens (primary N) is 1. The fourth-order valence-electron chi connectivity index (χ4n) is 2.67. The number of carbonyl (C=O) groups is 1. The van der Waals surface area contributed by atoms with Crippen LogP contribution >= 0.6 is 0 Å². The van der Waals surface area contributed by atoms with Crippen molar-refractivity contribution in [2.45, 2.75) is 58.0 Å². The van der Waals surface area contributed by atoms with Crippen LogP contribution in [0, 0.1) is 6.92 Å². The molecule has 6 heteroatoms. The van der Waals surface area contributed by atoms with Crippen LogP contribution in [0.25, 0.3) is 0 Å². The molecule has 2 rings (SSSR count). The number of aromatic amines is 1. The van der Waals surface area contributed by atoms with E-state index in [2.05, 4.69) is 22.1 Å². The maximum Gasteiger partial charge on any atom is 0.293 e. The Hall–Kier alpha value is -1.43. The third-order valence-electron chi connectivity index (χ3n) is 3.70. The van der Waals surface area contributed by atoms with Gasteiger partial charge in [-0.25, -0.2) is 4.98 Å². The lowest BCUT2D eigenvalue weighted by Crippen LogP contribution is -2.45. The van der Waals surface area contributed by atoms with Crippen LogP contribution in [-0.2, 0) is 0 Å². The first-order chi connectivity index (χ1) is 9.11. The van der Waals surface area contributed by atoms with E-state index in [1.165, 1.54) is 0 Å². The molecule has 0 atom stereocenters. The van der Waals surface area contributed by atoms with Gasteiger partial charge in [0.1, 0.15) is 5.82 Å². The molecule has 6 nitrogen and oxygen atoms in total. The summed E-state index contributed by atoms with van der Waals surface area (Å²) in [5, 5.41) is 6.70. The molecular weight excluding hydrogens is 242 g/mol. The number of nitrogens with one attached hydrogen (secondary N) is 1. The number of carbonyl (C=O) groups excluding carboxylic acids is 1. The minimum absolute atomic E-state index is 0.0633. The molecule has 0 saturated heterocycles. The topological polar surface area (TPSA) is 87.9 Å². The number of hydrogen-bond acceptors (Lipinski definition) is 4. The highest BCUT2D eigenvalue weighted by atomic mass is 16.2. The normalized spacial score (nSPS) is 23.3. The molecule has 1 aromatic heterocycles. The zero-order valence-corrected chi connectivity index (χ0v) is 11.7. The smallest absolute Gasteiger partial charge is 0.293 e. The van der Waals surface area contributed by atoms with Crippen LogP contribution in [0.2, 0.25) is 0 Å². The highest BCUT2D eigenvalue weighted by Crippen LogP contribution is 2.23. The van der Waals surface area contributed by atoms with Gasteiger partial charge < -0.3 is 10.6 Å². The lowest BCUT2D eigenvalue weighted by Gasteiger charge is -2.35. The van der Waals surface area contributed by atoms with E-state index < -0.39 is 0 Å². The van der Waals surface area contributed by atoms with E-state index in [0.29, 0.717) is 11.9 Å². The van der Waals surface area contributed by atoms with Crippen LogP contribution in [-0.4, -0.2) is 44.6 Å². The molecule has 0 aliphatic heterocycles. The molecule has 0 aromatic carbocycles. The van der Waals surface area contributed by atoms with Gasteiger partial charge in [0.15, 0.2) is 0 Å². The maximum atomic E-state index is 12.5. The molecule has 1 aliphatic rings. The summed E-state index contributed by atoms with van der Waals surface area (Å²) < 4.78 is 0. The molecule has 3 N–H and O–H groups in total. The summed E-state index contributed by atoms with van der Waals surface area (Å²) in [6.45, 7) is 4.64. The Labute approximate surface area is 113 Å². The molecule has 1 aromatic rings. The predicted molar refractivity (Wildman–Crippen MR) is 72.7 cm³/mol. The van der Waals surface area contributed by atoms with Gasteiger partial charge in [-0.15, -0.1) is 5.10 Å². The van der Waals surface area contributed by atoms with Gasteiger partial charge in [0.2, 0.25) is 5.82 Å². The summed E-state index contributed by atoms with van der Waals surface area (Å²) in [6, 6.07) is 0.576. The predicted octanol–water partition coefficient (Wildman–Crippen LogP) is 1.24. The molecule has 19 heavy (non-hydrogen) atoms. The van der Waals surface area contributed by atoms with Crippen molar-refractivity contribution >= 4 is 5.91 Å². The first-order valence-electron chi connectivity index (χ1n) is 7.07. The van der Waals surface area contributed by atoms with Crippen molar-refractivity contribution in [3.8, 4) is 0 Å². The Bertz CT molecular complexity index is 422. The van der Waals surface area contributed by atoms with E-state index in [-0.39, 0.29) is 17.8 Å². The van der Waals surface area contributed by atoms with Crippen molar-refractivity contribution in [2.75, 3.05) is 6.54 Å². The Morgan fingerprint density at radius 1 is 1.42 bits per heavy atom. The van der Waals surface area contributed by atoms with Crippen LogP contribution in [0.4, 0.5) is 0 Å². The van der Waals surface area contributed by atoms with E-state index in [1.807, 2.05) is 4.90 Å². The summed E-state index contributed by atoms with van der Waals surface area (Å²) in [6.07, 6.45) is 4.89. The molecule has 106 valence electrons. The summed E-state index contributed by atoms with van der Waals surface area (Å²) >= 11 is 0. The number of hydrogen-bond donors (Lipinski definition) is 2. The quantitative estimate of drug-likeness (QED) is 0.857. The van der Waals surface area contributed by atoms with Crippen LogP contribution in [0.5, 0.6) is 0 Å². The largest absolute Gasteiger partial charge is 0.333 e. The van der Waals surface area contributed by atoms with Gasteiger partial charge in [-0.1, -0.05) is 6.92 Å². The maximum absolute atomic E-state index is 12.5. The minimum atomic E-state index is -0.0633. The number of aryl methyl sites for hydroxylation is 1. The molecule has 1 heterocycles. The molecule has 0 spiro atoms. The van der Waals surface area contributed by atoms with Gasteiger partial charge in [0.05, 0.1) is 0 Å². The second kappa shape index (κ2) is 6.14. The van der Waals surface area contributed by atoms with E-state index in [4.69, 9.17) is 5.73 Å². The monoisotopic (exact) mass is 265 g/mol. The zero-order valence-electron chi connectivity index (χ0n) is 11.7.